The van der Waals surface area contributed by atoms with Crippen LogP contribution in [0.3, 0.4) is 0 Å². The summed E-state index contributed by atoms with van der Waals surface area (Å²) in [5.41, 5.74) is 1.16. The molecule has 0 amide bonds. The fraction of sp³-hybridized carbons (Fsp3) is 0.400. The first-order valence-corrected chi connectivity index (χ1v) is 6.69. The van der Waals surface area contributed by atoms with Gasteiger partial charge in [-0.25, -0.2) is 0 Å². The second-order valence-corrected chi connectivity index (χ2v) is 4.58. The Morgan fingerprint density at radius 3 is 2.74 bits per heavy atom. The highest BCUT2D eigenvalue weighted by molar-refractivity contribution is 5.21. The van der Waals surface area contributed by atoms with Gasteiger partial charge in [0.2, 0.25) is 0 Å². The topological polar surface area (TPSA) is 39.1 Å². The molecule has 0 aliphatic rings. The highest BCUT2D eigenvalue weighted by atomic mass is 16.5. The van der Waals surface area contributed by atoms with Crippen molar-refractivity contribution < 1.29 is 4.74 Å². The minimum absolute atomic E-state index is 0.175. The molecule has 4 nitrogen and oxygen atoms in total. The van der Waals surface area contributed by atoms with Crippen LogP contribution in [0.4, 0.5) is 0 Å². The van der Waals surface area contributed by atoms with E-state index in [4.69, 9.17) is 4.74 Å². The monoisotopic (exact) mass is 259 g/mol. The van der Waals surface area contributed by atoms with Gasteiger partial charge in [0.05, 0.1) is 12.2 Å². The zero-order chi connectivity index (χ0) is 13.5. The first-order valence-electron chi connectivity index (χ1n) is 6.69. The van der Waals surface area contributed by atoms with Crippen LogP contribution in [0, 0.1) is 0 Å². The average Bonchev–Trinajstić information content (AvgIpc) is 2.86. The molecule has 1 aromatic carbocycles. The largest absolute Gasteiger partial charge is 0.492 e. The number of aryl methyl sites for hydroxylation is 1. The predicted octanol–water partition coefficient (Wildman–Crippen LogP) is 2.54. The molecule has 2 aromatic rings. The quantitative estimate of drug-likeness (QED) is 0.830. The van der Waals surface area contributed by atoms with Crippen LogP contribution < -0.4 is 10.1 Å². The van der Waals surface area contributed by atoms with E-state index in [0.29, 0.717) is 6.61 Å². The third kappa shape index (κ3) is 4.10. The molecule has 1 unspecified atom stereocenters. The van der Waals surface area contributed by atoms with Gasteiger partial charge < -0.3 is 10.1 Å². The molecular weight excluding hydrogens is 238 g/mol. The molecule has 0 aliphatic heterocycles. The van der Waals surface area contributed by atoms with Gasteiger partial charge in [0.25, 0.3) is 0 Å². The lowest BCUT2D eigenvalue weighted by Crippen LogP contribution is -2.27. The van der Waals surface area contributed by atoms with Crippen molar-refractivity contribution in [2.24, 2.45) is 7.05 Å². The zero-order valence-corrected chi connectivity index (χ0v) is 11.5. The maximum Gasteiger partial charge on any atom is 0.119 e. The second kappa shape index (κ2) is 6.95. The fourth-order valence-electron chi connectivity index (χ4n) is 1.91. The van der Waals surface area contributed by atoms with Gasteiger partial charge in [-0.1, -0.05) is 25.1 Å². The van der Waals surface area contributed by atoms with Crippen molar-refractivity contribution in [3.63, 3.8) is 0 Å². The summed E-state index contributed by atoms with van der Waals surface area (Å²) < 4.78 is 7.65. The van der Waals surface area contributed by atoms with Crippen LogP contribution in [0.15, 0.2) is 42.7 Å². The fourth-order valence-corrected chi connectivity index (χ4v) is 1.91. The van der Waals surface area contributed by atoms with Crippen molar-refractivity contribution in [2.75, 3.05) is 13.2 Å². The van der Waals surface area contributed by atoms with Crippen LogP contribution in [0.1, 0.15) is 24.9 Å². The Bertz CT molecular complexity index is 481. The Morgan fingerprint density at radius 2 is 2.11 bits per heavy atom. The van der Waals surface area contributed by atoms with Crippen molar-refractivity contribution in [2.45, 2.75) is 19.4 Å². The molecule has 4 heteroatoms. The molecule has 0 bridgehead atoms. The second-order valence-electron chi connectivity index (χ2n) is 4.58. The maximum atomic E-state index is 5.83. The lowest BCUT2D eigenvalue weighted by Gasteiger charge is -2.17. The van der Waals surface area contributed by atoms with Gasteiger partial charge in [-0.2, -0.15) is 5.10 Å². The molecule has 19 heavy (non-hydrogen) atoms. The van der Waals surface area contributed by atoms with Crippen LogP contribution >= 0.6 is 0 Å². The SMILES string of the molecule is CCCNC(COc1ccccc1)c1cnn(C)c1. The van der Waals surface area contributed by atoms with Crippen molar-refractivity contribution in [3.05, 3.63) is 48.3 Å². The molecule has 1 heterocycles. The number of nitrogens with zero attached hydrogens (tertiary/aromatic N) is 2. The van der Waals surface area contributed by atoms with Crippen LogP contribution in [0.2, 0.25) is 0 Å². The number of rotatable bonds is 7. The molecule has 0 aliphatic carbocycles. The number of aromatic nitrogens is 2. The Labute approximate surface area is 114 Å². The van der Waals surface area contributed by atoms with Gasteiger partial charge in [-0.15, -0.1) is 0 Å². The third-order valence-corrected chi connectivity index (χ3v) is 2.93. The molecule has 0 radical (unpaired) electrons. The Kier molecular flexibility index (Phi) is 4.98. The maximum absolute atomic E-state index is 5.83. The van der Waals surface area contributed by atoms with Gasteiger partial charge in [0.1, 0.15) is 12.4 Å². The lowest BCUT2D eigenvalue weighted by molar-refractivity contribution is 0.266. The molecule has 0 fully saturated rings. The Hall–Kier alpha value is -1.81. The van der Waals surface area contributed by atoms with Gasteiger partial charge >= 0.3 is 0 Å². The smallest absolute Gasteiger partial charge is 0.119 e. The summed E-state index contributed by atoms with van der Waals surface area (Å²) in [6.07, 6.45) is 5.02. The summed E-state index contributed by atoms with van der Waals surface area (Å²) in [6, 6.07) is 10.1. The minimum atomic E-state index is 0.175. The highest BCUT2D eigenvalue weighted by Gasteiger charge is 2.13. The summed E-state index contributed by atoms with van der Waals surface area (Å²) >= 11 is 0. The third-order valence-electron chi connectivity index (χ3n) is 2.93. The normalized spacial score (nSPS) is 12.3. The van der Waals surface area contributed by atoms with Gasteiger partial charge in [-0.3, -0.25) is 4.68 Å². The van der Waals surface area contributed by atoms with Crippen molar-refractivity contribution >= 4 is 0 Å². The summed E-state index contributed by atoms with van der Waals surface area (Å²) in [7, 11) is 1.93. The van der Waals surface area contributed by atoms with Gasteiger partial charge in [-0.05, 0) is 25.1 Å². The highest BCUT2D eigenvalue weighted by Crippen LogP contribution is 2.15. The van der Waals surface area contributed by atoms with Crippen molar-refractivity contribution in [1.29, 1.82) is 0 Å². The first kappa shape index (κ1) is 13.6. The Morgan fingerprint density at radius 1 is 1.32 bits per heavy atom. The summed E-state index contributed by atoms with van der Waals surface area (Å²) in [6.45, 7) is 3.73. The summed E-state index contributed by atoms with van der Waals surface area (Å²) in [4.78, 5) is 0. The molecule has 102 valence electrons. The standard InChI is InChI=1S/C15H21N3O/c1-3-9-16-15(13-10-17-18(2)11-13)12-19-14-7-5-4-6-8-14/h4-8,10-11,15-16H,3,9,12H2,1-2H3. The van der Waals surface area contributed by atoms with E-state index in [9.17, 15) is 0 Å². The van der Waals surface area contributed by atoms with Crippen molar-refractivity contribution in [3.8, 4) is 5.75 Å². The van der Waals surface area contributed by atoms with E-state index in [2.05, 4.69) is 17.3 Å². The zero-order valence-electron chi connectivity index (χ0n) is 11.5. The molecule has 0 spiro atoms. The predicted molar refractivity (Wildman–Crippen MR) is 76.2 cm³/mol. The van der Waals surface area contributed by atoms with E-state index in [1.807, 2.05) is 54.5 Å². The van der Waals surface area contributed by atoms with Crippen LogP contribution in [-0.2, 0) is 7.05 Å². The number of para-hydroxylation sites is 1. The van der Waals surface area contributed by atoms with Crippen LogP contribution in [0.5, 0.6) is 5.75 Å². The van der Waals surface area contributed by atoms with E-state index >= 15 is 0 Å². The van der Waals surface area contributed by atoms with Crippen LogP contribution in [-0.4, -0.2) is 22.9 Å². The average molecular weight is 259 g/mol. The van der Waals surface area contributed by atoms with Crippen molar-refractivity contribution in [1.82, 2.24) is 15.1 Å². The summed E-state index contributed by atoms with van der Waals surface area (Å²) in [5.74, 6) is 0.898. The lowest BCUT2D eigenvalue weighted by atomic mass is 10.1. The molecule has 2 rings (SSSR count). The molecule has 1 aromatic heterocycles. The van der Waals surface area contributed by atoms with E-state index < -0.39 is 0 Å². The Balaban J connectivity index is 1.98. The number of nitrogens with one attached hydrogen (secondary N) is 1. The number of ether oxygens (including phenoxy) is 1. The molecule has 0 saturated carbocycles. The van der Waals surface area contributed by atoms with E-state index in [-0.39, 0.29) is 6.04 Å². The molecule has 1 N–H and O–H groups in total. The van der Waals surface area contributed by atoms with Gasteiger partial charge in [0, 0.05) is 18.8 Å². The molecule has 0 saturated heterocycles. The van der Waals surface area contributed by atoms with Crippen LogP contribution in [0.25, 0.3) is 0 Å². The van der Waals surface area contributed by atoms with E-state index in [0.717, 1.165) is 24.3 Å². The first-order chi connectivity index (χ1) is 9.29. The molecule has 1 atom stereocenters. The number of hydrogen-bond acceptors (Lipinski definition) is 3. The van der Waals surface area contributed by atoms with Gasteiger partial charge in [0.15, 0.2) is 0 Å². The van der Waals surface area contributed by atoms with E-state index in [1.54, 1.807) is 0 Å². The number of benzene rings is 1. The summed E-state index contributed by atoms with van der Waals surface area (Å²) in [5, 5.41) is 7.71. The minimum Gasteiger partial charge on any atom is -0.492 e. The number of hydrogen-bond donors (Lipinski definition) is 1. The van der Waals surface area contributed by atoms with E-state index in [1.165, 1.54) is 0 Å². The molecular formula is C15H21N3O.